The number of halogens is 1. The molecule has 2 aliphatic heterocycles. The molecule has 0 aliphatic carbocycles. The lowest BCUT2D eigenvalue weighted by atomic mass is 10.00. The van der Waals surface area contributed by atoms with Crippen molar-refractivity contribution in [3.8, 4) is 0 Å². The van der Waals surface area contributed by atoms with Crippen LogP contribution in [0, 0.1) is 0 Å². The molecule has 25 heavy (non-hydrogen) atoms. The Balaban J connectivity index is 1.70. The third-order valence-corrected chi connectivity index (χ3v) is 5.87. The summed E-state index contributed by atoms with van der Waals surface area (Å²) < 4.78 is 0. The topological polar surface area (TPSA) is 20.3 Å². The predicted molar refractivity (Wildman–Crippen MR) is 105 cm³/mol. The fourth-order valence-corrected chi connectivity index (χ4v) is 4.57. The lowest BCUT2D eigenvalue weighted by molar-refractivity contribution is 0.102. The van der Waals surface area contributed by atoms with Crippen LogP contribution in [-0.4, -0.2) is 17.2 Å². The van der Waals surface area contributed by atoms with Crippen LogP contribution >= 0.6 is 23.4 Å². The Morgan fingerprint density at radius 3 is 2.52 bits per heavy atom. The summed E-state index contributed by atoms with van der Waals surface area (Å²) in [7, 11) is 0. The van der Waals surface area contributed by atoms with E-state index in [9.17, 15) is 4.79 Å². The second kappa shape index (κ2) is 7.11. The second-order valence-corrected chi connectivity index (χ2v) is 7.51. The average Bonchev–Trinajstić information content (AvgIpc) is 2.95. The SMILES string of the molecule is O=C(C1=C2SC=C(c3ccccc3)N2CCCC1)c1ccc(Cl)cc1. The third-order valence-electron chi connectivity index (χ3n) is 4.58. The van der Waals surface area contributed by atoms with Gasteiger partial charge in [-0.05, 0) is 49.1 Å². The van der Waals surface area contributed by atoms with Gasteiger partial charge in [0.15, 0.2) is 5.78 Å². The number of nitrogens with zero attached hydrogens (tertiary/aromatic N) is 1. The standard InChI is InChI=1S/C21H18ClNOS/c22-17-11-9-16(10-12-17)20(24)18-8-4-5-13-23-19(14-25-21(18)23)15-6-2-1-3-7-15/h1-3,6-7,9-12,14H,4-5,8,13H2. The number of allylic oxidation sites excluding steroid dienone is 1. The summed E-state index contributed by atoms with van der Waals surface area (Å²) >= 11 is 7.63. The number of ketones is 1. The molecule has 0 unspecified atom stereocenters. The molecule has 126 valence electrons. The number of hydrogen-bond acceptors (Lipinski definition) is 3. The highest BCUT2D eigenvalue weighted by Gasteiger charge is 2.30. The maximum absolute atomic E-state index is 13.1. The zero-order valence-electron chi connectivity index (χ0n) is 13.7. The quantitative estimate of drug-likeness (QED) is 0.624. The van der Waals surface area contributed by atoms with Crippen molar-refractivity contribution in [3.63, 3.8) is 0 Å². The number of carbonyl (C=O) groups is 1. The molecule has 2 aromatic rings. The Labute approximate surface area is 157 Å². The Morgan fingerprint density at radius 1 is 1.00 bits per heavy atom. The predicted octanol–water partition coefficient (Wildman–Crippen LogP) is 5.97. The maximum Gasteiger partial charge on any atom is 0.191 e. The van der Waals surface area contributed by atoms with Crippen LogP contribution < -0.4 is 0 Å². The first-order chi connectivity index (χ1) is 12.2. The number of benzene rings is 2. The second-order valence-electron chi connectivity index (χ2n) is 6.22. The fourth-order valence-electron chi connectivity index (χ4n) is 3.30. The van der Waals surface area contributed by atoms with Crippen LogP contribution in [0.5, 0.6) is 0 Å². The van der Waals surface area contributed by atoms with Crippen LogP contribution in [0.1, 0.15) is 35.2 Å². The van der Waals surface area contributed by atoms with E-state index in [2.05, 4.69) is 34.6 Å². The lowest BCUT2D eigenvalue weighted by Crippen LogP contribution is -2.19. The van der Waals surface area contributed by atoms with Crippen LogP contribution in [0.2, 0.25) is 5.02 Å². The highest BCUT2D eigenvalue weighted by molar-refractivity contribution is 8.06. The zero-order valence-corrected chi connectivity index (χ0v) is 15.3. The van der Waals surface area contributed by atoms with Crippen LogP contribution in [0.4, 0.5) is 0 Å². The molecule has 0 bridgehead atoms. The first-order valence-electron chi connectivity index (χ1n) is 8.47. The van der Waals surface area contributed by atoms with Crippen molar-refractivity contribution in [2.75, 3.05) is 6.54 Å². The van der Waals surface area contributed by atoms with Crippen molar-refractivity contribution in [2.24, 2.45) is 0 Å². The van der Waals surface area contributed by atoms with E-state index in [0.29, 0.717) is 10.6 Å². The van der Waals surface area contributed by atoms with Gasteiger partial charge in [0.25, 0.3) is 0 Å². The van der Waals surface area contributed by atoms with E-state index in [0.717, 1.165) is 36.4 Å². The van der Waals surface area contributed by atoms with Gasteiger partial charge in [0.05, 0.1) is 10.7 Å². The Morgan fingerprint density at radius 2 is 1.76 bits per heavy atom. The molecule has 2 aliphatic rings. The molecule has 2 aromatic carbocycles. The number of thioether (sulfide) groups is 1. The molecular formula is C21H18ClNOS. The fraction of sp³-hybridized carbons (Fsp3) is 0.190. The van der Waals surface area contributed by atoms with E-state index >= 15 is 0 Å². The number of fused-ring (bicyclic) bond motifs is 1. The molecule has 2 heterocycles. The Kier molecular flexibility index (Phi) is 4.69. The molecule has 0 spiro atoms. The van der Waals surface area contributed by atoms with E-state index in [4.69, 9.17) is 11.6 Å². The van der Waals surface area contributed by atoms with Gasteiger partial charge in [-0.3, -0.25) is 4.79 Å². The van der Waals surface area contributed by atoms with Crippen molar-refractivity contribution < 1.29 is 4.79 Å². The van der Waals surface area contributed by atoms with Crippen molar-refractivity contribution >= 4 is 34.8 Å². The molecule has 2 nitrogen and oxygen atoms in total. The largest absolute Gasteiger partial charge is 0.335 e. The molecule has 0 saturated heterocycles. The van der Waals surface area contributed by atoms with Crippen LogP contribution in [-0.2, 0) is 0 Å². The summed E-state index contributed by atoms with van der Waals surface area (Å²) in [5.74, 6) is 0.119. The van der Waals surface area contributed by atoms with E-state index in [1.165, 1.54) is 11.3 Å². The van der Waals surface area contributed by atoms with Gasteiger partial charge < -0.3 is 4.90 Å². The molecule has 0 atom stereocenters. The highest BCUT2D eigenvalue weighted by Crippen LogP contribution is 2.44. The molecule has 0 N–H and O–H groups in total. The number of rotatable bonds is 3. The number of carbonyl (C=O) groups excluding carboxylic acids is 1. The van der Waals surface area contributed by atoms with Gasteiger partial charge in [-0.2, -0.15) is 0 Å². The maximum atomic E-state index is 13.1. The lowest BCUT2D eigenvalue weighted by Gasteiger charge is -2.23. The van der Waals surface area contributed by atoms with Crippen LogP contribution in [0.15, 0.2) is 70.6 Å². The summed E-state index contributed by atoms with van der Waals surface area (Å²) in [4.78, 5) is 15.4. The van der Waals surface area contributed by atoms with Gasteiger partial charge >= 0.3 is 0 Å². The molecule has 0 radical (unpaired) electrons. The first kappa shape index (κ1) is 16.5. The molecule has 4 rings (SSSR count). The highest BCUT2D eigenvalue weighted by atomic mass is 35.5. The van der Waals surface area contributed by atoms with Crippen molar-refractivity contribution in [1.82, 2.24) is 4.90 Å². The minimum atomic E-state index is 0.119. The monoisotopic (exact) mass is 367 g/mol. The molecule has 0 saturated carbocycles. The number of Topliss-reactive ketones (excluding diaryl/α,β-unsaturated/α-hetero) is 1. The van der Waals surface area contributed by atoms with E-state index in [1.54, 1.807) is 23.9 Å². The minimum absolute atomic E-state index is 0.119. The van der Waals surface area contributed by atoms with E-state index < -0.39 is 0 Å². The van der Waals surface area contributed by atoms with Gasteiger partial charge in [0, 0.05) is 28.1 Å². The summed E-state index contributed by atoms with van der Waals surface area (Å²) in [6.07, 6.45) is 2.96. The third kappa shape index (κ3) is 3.26. The average molecular weight is 368 g/mol. The van der Waals surface area contributed by atoms with Crippen molar-refractivity contribution in [2.45, 2.75) is 19.3 Å². The van der Waals surface area contributed by atoms with Gasteiger partial charge in [-0.1, -0.05) is 53.7 Å². The molecule has 0 amide bonds. The number of hydrogen-bond donors (Lipinski definition) is 0. The van der Waals surface area contributed by atoms with E-state index in [1.807, 2.05) is 18.2 Å². The van der Waals surface area contributed by atoms with Gasteiger partial charge in [0.2, 0.25) is 0 Å². The Hall–Kier alpha value is -1.97. The normalized spacial score (nSPS) is 17.2. The van der Waals surface area contributed by atoms with Crippen LogP contribution in [0.3, 0.4) is 0 Å². The van der Waals surface area contributed by atoms with Gasteiger partial charge in [0.1, 0.15) is 0 Å². The first-order valence-corrected chi connectivity index (χ1v) is 9.73. The smallest absolute Gasteiger partial charge is 0.191 e. The minimum Gasteiger partial charge on any atom is -0.335 e. The summed E-state index contributed by atoms with van der Waals surface area (Å²) in [6, 6.07) is 17.6. The zero-order chi connectivity index (χ0) is 17.2. The molecule has 0 aromatic heterocycles. The Bertz CT molecular complexity index is 855. The van der Waals surface area contributed by atoms with Gasteiger partial charge in [-0.25, -0.2) is 0 Å². The summed E-state index contributed by atoms with van der Waals surface area (Å²) in [5.41, 5.74) is 4.03. The van der Waals surface area contributed by atoms with Crippen molar-refractivity contribution in [1.29, 1.82) is 0 Å². The van der Waals surface area contributed by atoms with Gasteiger partial charge in [-0.15, -0.1) is 0 Å². The molecular weight excluding hydrogens is 350 g/mol. The van der Waals surface area contributed by atoms with Crippen molar-refractivity contribution in [3.05, 3.63) is 86.8 Å². The molecule has 0 fully saturated rings. The molecule has 4 heteroatoms. The van der Waals surface area contributed by atoms with E-state index in [-0.39, 0.29) is 5.78 Å². The summed E-state index contributed by atoms with van der Waals surface area (Å²) in [6.45, 7) is 0.959. The van der Waals surface area contributed by atoms with Crippen LogP contribution in [0.25, 0.3) is 5.70 Å². The summed E-state index contributed by atoms with van der Waals surface area (Å²) in [5, 5.41) is 3.92.